The molecule has 1 unspecified atom stereocenters. The number of hydrogen-bond donors (Lipinski definition) is 2. The van der Waals surface area contributed by atoms with Gasteiger partial charge in [-0.1, -0.05) is 49.2 Å². The van der Waals surface area contributed by atoms with Crippen LogP contribution in [0.15, 0.2) is 35.7 Å². The van der Waals surface area contributed by atoms with Crippen molar-refractivity contribution in [1.82, 2.24) is 5.32 Å². The van der Waals surface area contributed by atoms with Gasteiger partial charge >= 0.3 is 0 Å². The van der Waals surface area contributed by atoms with Gasteiger partial charge in [-0.05, 0) is 29.5 Å². The summed E-state index contributed by atoms with van der Waals surface area (Å²) in [4.78, 5) is 25.2. The quantitative estimate of drug-likeness (QED) is 0.816. The van der Waals surface area contributed by atoms with E-state index >= 15 is 0 Å². The van der Waals surface area contributed by atoms with Crippen LogP contribution in [0.4, 0.5) is 5.69 Å². The lowest BCUT2D eigenvalue weighted by atomic mass is 10.0. The summed E-state index contributed by atoms with van der Waals surface area (Å²) in [6.07, 6.45) is 0. The highest BCUT2D eigenvalue weighted by Gasteiger charge is 2.25. The van der Waals surface area contributed by atoms with Gasteiger partial charge in [0.15, 0.2) is 0 Å². The van der Waals surface area contributed by atoms with Gasteiger partial charge in [-0.2, -0.15) is 0 Å². The van der Waals surface area contributed by atoms with E-state index < -0.39 is 6.04 Å². The lowest BCUT2D eigenvalue weighted by Gasteiger charge is -2.21. The van der Waals surface area contributed by atoms with Crippen LogP contribution < -0.4 is 10.6 Å². The van der Waals surface area contributed by atoms with Gasteiger partial charge < -0.3 is 10.6 Å². The van der Waals surface area contributed by atoms with E-state index in [0.717, 1.165) is 0 Å². The molecule has 0 aliphatic carbocycles. The molecule has 0 saturated heterocycles. The molecule has 0 aliphatic heterocycles. The smallest absolute Gasteiger partial charge is 0.262 e. The van der Waals surface area contributed by atoms with Crippen LogP contribution in [0.2, 0.25) is 10.0 Å². The van der Waals surface area contributed by atoms with Crippen molar-refractivity contribution in [2.45, 2.75) is 19.9 Å². The minimum Gasteiger partial charge on any atom is -0.339 e. The molecule has 0 spiro atoms. The third kappa shape index (κ3) is 4.47. The highest BCUT2D eigenvalue weighted by atomic mass is 35.5. The topological polar surface area (TPSA) is 58.2 Å². The number of thiophene rings is 1. The zero-order chi connectivity index (χ0) is 17.0. The Labute approximate surface area is 148 Å². The maximum absolute atomic E-state index is 12.5. The number of amides is 2. The lowest BCUT2D eigenvalue weighted by molar-refractivity contribution is -0.118. The molecule has 2 N–H and O–H groups in total. The summed E-state index contributed by atoms with van der Waals surface area (Å²) in [6.45, 7) is 3.72. The van der Waals surface area contributed by atoms with Crippen LogP contribution in [0.1, 0.15) is 23.5 Å². The van der Waals surface area contributed by atoms with E-state index in [1.165, 1.54) is 11.3 Å². The second kappa shape index (κ2) is 7.81. The summed E-state index contributed by atoms with van der Waals surface area (Å²) in [5.41, 5.74) is 0.417. The number of rotatable bonds is 5. The maximum Gasteiger partial charge on any atom is 0.262 e. The Morgan fingerprint density at radius 1 is 1.13 bits per heavy atom. The van der Waals surface area contributed by atoms with Gasteiger partial charge in [0, 0.05) is 0 Å². The zero-order valence-electron chi connectivity index (χ0n) is 12.6. The molecule has 0 aliphatic rings. The fraction of sp³-hybridized carbons (Fsp3) is 0.250. The SMILES string of the molecule is CC(C)C(NC(=O)c1cccs1)C(=O)Nc1cccc(Cl)c1Cl. The molecule has 7 heteroatoms. The van der Waals surface area contributed by atoms with Crippen molar-refractivity contribution in [3.05, 3.63) is 50.6 Å². The third-order valence-electron chi connectivity index (χ3n) is 3.19. The molecule has 0 radical (unpaired) electrons. The van der Waals surface area contributed by atoms with Crippen molar-refractivity contribution in [3.63, 3.8) is 0 Å². The number of carbonyl (C=O) groups is 2. The molecule has 1 heterocycles. The first kappa shape index (κ1) is 17.8. The fourth-order valence-corrected chi connectivity index (χ4v) is 2.94. The summed E-state index contributed by atoms with van der Waals surface area (Å²) in [5.74, 6) is -0.697. The van der Waals surface area contributed by atoms with Crippen LogP contribution in [0.25, 0.3) is 0 Å². The van der Waals surface area contributed by atoms with E-state index in [-0.39, 0.29) is 22.8 Å². The largest absolute Gasteiger partial charge is 0.339 e. The highest BCUT2D eigenvalue weighted by molar-refractivity contribution is 7.12. The summed E-state index contributed by atoms with van der Waals surface area (Å²) in [5, 5.41) is 7.91. The molecule has 122 valence electrons. The number of anilines is 1. The third-order valence-corrected chi connectivity index (χ3v) is 4.88. The Morgan fingerprint density at radius 3 is 2.48 bits per heavy atom. The van der Waals surface area contributed by atoms with Gasteiger partial charge in [-0.3, -0.25) is 9.59 Å². The van der Waals surface area contributed by atoms with Crippen molar-refractivity contribution < 1.29 is 9.59 Å². The average Bonchev–Trinajstić information content (AvgIpc) is 3.03. The van der Waals surface area contributed by atoms with Gasteiger partial charge in [0.2, 0.25) is 5.91 Å². The Kier molecular flexibility index (Phi) is 6.04. The van der Waals surface area contributed by atoms with E-state index in [0.29, 0.717) is 15.6 Å². The van der Waals surface area contributed by atoms with E-state index in [9.17, 15) is 9.59 Å². The monoisotopic (exact) mass is 370 g/mol. The second-order valence-electron chi connectivity index (χ2n) is 5.26. The van der Waals surface area contributed by atoms with Crippen LogP contribution in [0.3, 0.4) is 0 Å². The number of hydrogen-bond acceptors (Lipinski definition) is 3. The molecule has 1 aromatic carbocycles. The molecule has 0 bridgehead atoms. The van der Waals surface area contributed by atoms with Crippen molar-refractivity contribution in [1.29, 1.82) is 0 Å². The van der Waals surface area contributed by atoms with E-state index in [4.69, 9.17) is 23.2 Å². The number of carbonyl (C=O) groups excluding carboxylic acids is 2. The highest BCUT2D eigenvalue weighted by Crippen LogP contribution is 2.29. The van der Waals surface area contributed by atoms with Gasteiger partial charge in [-0.25, -0.2) is 0 Å². The predicted octanol–water partition coefficient (Wildman–Crippen LogP) is 4.45. The first-order valence-electron chi connectivity index (χ1n) is 6.99. The van der Waals surface area contributed by atoms with Gasteiger partial charge in [0.05, 0.1) is 20.6 Å². The molecule has 4 nitrogen and oxygen atoms in total. The Morgan fingerprint density at radius 2 is 1.87 bits per heavy atom. The first-order valence-corrected chi connectivity index (χ1v) is 8.63. The second-order valence-corrected chi connectivity index (χ2v) is 7.00. The maximum atomic E-state index is 12.5. The number of benzene rings is 1. The summed E-state index contributed by atoms with van der Waals surface area (Å²) < 4.78 is 0. The first-order chi connectivity index (χ1) is 10.9. The van der Waals surface area contributed by atoms with Crippen LogP contribution in [-0.2, 0) is 4.79 Å². The molecular weight excluding hydrogens is 355 g/mol. The molecule has 2 rings (SSSR count). The van der Waals surface area contributed by atoms with E-state index in [1.54, 1.807) is 30.3 Å². The standard InChI is InChI=1S/C16H16Cl2N2O2S/c1-9(2)14(20-15(21)12-7-4-8-23-12)16(22)19-11-6-3-5-10(17)13(11)18/h3-9,14H,1-2H3,(H,19,22)(H,20,21). The number of halogens is 2. The molecule has 23 heavy (non-hydrogen) atoms. The molecule has 2 aromatic rings. The summed E-state index contributed by atoms with van der Waals surface area (Å²) in [7, 11) is 0. The molecule has 2 amide bonds. The van der Waals surface area contributed by atoms with Gasteiger partial charge in [-0.15, -0.1) is 11.3 Å². The predicted molar refractivity (Wildman–Crippen MR) is 95.5 cm³/mol. The van der Waals surface area contributed by atoms with Gasteiger partial charge in [0.25, 0.3) is 5.91 Å². The van der Waals surface area contributed by atoms with Crippen LogP contribution in [-0.4, -0.2) is 17.9 Å². The van der Waals surface area contributed by atoms with E-state index in [2.05, 4.69) is 10.6 Å². The Hall–Kier alpha value is -1.56. The summed E-state index contributed by atoms with van der Waals surface area (Å²) >= 11 is 13.3. The minimum atomic E-state index is -0.681. The molecule has 0 saturated carbocycles. The van der Waals surface area contributed by atoms with Crippen LogP contribution in [0, 0.1) is 5.92 Å². The van der Waals surface area contributed by atoms with Crippen molar-refractivity contribution >= 4 is 52.0 Å². The van der Waals surface area contributed by atoms with Crippen molar-refractivity contribution in [3.8, 4) is 0 Å². The lowest BCUT2D eigenvalue weighted by Crippen LogP contribution is -2.47. The van der Waals surface area contributed by atoms with Gasteiger partial charge in [0.1, 0.15) is 6.04 Å². The molecule has 0 fully saturated rings. The summed E-state index contributed by atoms with van der Waals surface area (Å²) in [6, 6.07) is 7.81. The van der Waals surface area contributed by atoms with Crippen LogP contribution >= 0.6 is 34.5 Å². The molecule has 1 atom stereocenters. The average molecular weight is 371 g/mol. The zero-order valence-corrected chi connectivity index (χ0v) is 14.9. The Bertz CT molecular complexity index is 702. The van der Waals surface area contributed by atoms with E-state index in [1.807, 2.05) is 19.2 Å². The fourth-order valence-electron chi connectivity index (χ4n) is 1.97. The molecule has 1 aromatic heterocycles. The normalized spacial score (nSPS) is 12.0. The van der Waals surface area contributed by atoms with Crippen LogP contribution in [0.5, 0.6) is 0 Å². The minimum absolute atomic E-state index is 0.0862. The van der Waals surface area contributed by atoms with Crippen molar-refractivity contribution in [2.24, 2.45) is 5.92 Å². The Balaban J connectivity index is 2.12. The van der Waals surface area contributed by atoms with Crippen molar-refractivity contribution in [2.75, 3.05) is 5.32 Å². The number of nitrogens with one attached hydrogen (secondary N) is 2. The molecular formula is C16H16Cl2N2O2S.